The molecule has 0 spiro atoms. The van der Waals surface area contributed by atoms with Crippen molar-refractivity contribution in [2.24, 2.45) is 0 Å². The van der Waals surface area contributed by atoms with E-state index in [1.165, 1.54) is 31.2 Å². The van der Waals surface area contributed by atoms with Crippen molar-refractivity contribution >= 4 is 5.78 Å². The summed E-state index contributed by atoms with van der Waals surface area (Å²) in [6.07, 6.45) is 10.1. The van der Waals surface area contributed by atoms with E-state index >= 15 is 0 Å². The van der Waals surface area contributed by atoms with Gasteiger partial charge in [0.1, 0.15) is 11.5 Å². The summed E-state index contributed by atoms with van der Waals surface area (Å²) in [6, 6.07) is 7.88. The molecule has 126 valence electrons. The number of likely N-dealkylation sites (N-methyl/N-ethyl adjacent to an activating group) is 1. The van der Waals surface area contributed by atoms with E-state index in [-0.39, 0.29) is 11.5 Å². The van der Waals surface area contributed by atoms with Gasteiger partial charge in [-0.25, -0.2) is 0 Å². The molecule has 3 nitrogen and oxygen atoms in total. The Balaban J connectivity index is 1.83. The Kier molecular flexibility index (Phi) is 5.05. The van der Waals surface area contributed by atoms with Gasteiger partial charge in [-0.1, -0.05) is 37.8 Å². The lowest BCUT2D eigenvalue weighted by Gasteiger charge is -2.43. The van der Waals surface area contributed by atoms with Crippen LogP contribution in [-0.4, -0.2) is 35.4 Å². The van der Waals surface area contributed by atoms with E-state index in [4.69, 9.17) is 0 Å². The highest BCUT2D eigenvalue weighted by Gasteiger charge is 2.38. The minimum atomic E-state index is 0.0868. The fraction of sp³-hybridized carbons (Fsp3) is 0.650. The number of phenolic OH excluding ortho intramolecular Hbond substituents is 1. The van der Waals surface area contributed by atoms with Crippen LogP contribution in [0.2, 0.25) is 0 Å². The van der Waals surface area contributed by atoms with Crippen molar-refractivity contribution in [3.63, 3.8) is 0 Å². The molecule has 0 saturated heterocycles. The highest BCUT2D eigenvalue weighted by Crippen LogP contribution is 2.41. The Bertz CT molecular complexity index is 548. The number of nitrogens with zero attached hydrogens (tertiary/aromatic N) is 1. The number of hydrogen-bond donors (Lipinski definition) is 1. The first kappa shape index (κ1) is 16.5. The van der Waals surface area contributed by atoms with Crippen LogP contribution in [0.4, 0.5) is 0 Å². The largest absolute Gasteiger partial charge is 0.508 e. The number of hydrogen-bond acceptors (Lipinski definition) is 3. The summed E-state index contributed by atoms with van der Waals surface area (Å²) in [5.74, 6) is 0.768. The highest BCUT2D eigenvalue weighted by molar-refractivity contribution is 5.84. The molecule has 2 saturated carbocycles. The van der Waals surface area contributed by atoms with Crippen molar-refractivity contribution in [2.45, 2.75) is 69.2 Å². The molecule has 3 rings (SSSR count). The molecule has 2 aliphatic carbocycles. The quantitative estimate of drug-likeness (QED) is 0.911. The molecule has 1 aromatic carbocycles. The van der Waals surface area contributed by atoms with Gasteiger partial charge in [0.2, 0.25) is 0 Å². The summed E-state index contributed by atoms with van der Waals surface area (Å²) < 4.78 is 0. The predicted octanol–water partition coefficient (Wildman–Crippen LogP) is 4.04. The average Bonchev–Trinajstić information content (AvgIpc) is 2.56. The van der Waals surface area contributed by atoms with Crippen LogP contribution in [0.15, 0.2) is 24.3 Å². The van der Waals surface area contributed by atoms with Crippen LogP contribution >= 0.6 is 0 Å². The third kappa shape index (κ3) is 3.60. The molecule has 1 unspecified atom stereocenters. The Morgan fingerprint density at radius 2 is 1.96 bits per heavy atom. The van der Waals surface area contributed by atoms with E-state index in [1.807, 2.05) is 12.1 Å². The Morgan fingerprint density at radius 3 is 2.65 bits per heavy atom. The third-order valence-corrected chi connectivity index (χ3v) is 5.88. The van der Waals surface area contributed by atoms with Gasteiger partial charge in [-0.3, -0.25) is 9.69 Å². The summed E-state index contributed by atoms with van der Waals surface area (Å²) in [6.45, 7) is 0.923. The fourth-order valence-electron chi connectivity index (χ4n) is 4.62. The van der Waals surface area contributed by atoms with Gasteiger partial charge in [0.15, 0.2) is 0 Å². The standard InChI is InChI=1S/C20H29NO2/c1-21(18-10-3-4-11-19(18)23)15-20(12-5-2-6-13-20)16-8-7-9-17(22)14-16/h7-9,14,18,22H,2-6,10-13,15H2,1H3. The molecule has 23 heavy (non-hydrogen) atoms. The minimum Gasteiger partial charge on any atom is -0.508 e. The van der Waals surface area contributed by atoms with Crippen LogP contribution in [0.5, 0.6) is 5.75 Å². The monoisotopic (exact) mass is 315 g/mol. The zero-order valence-corrected chi connectivity index (χ0v) is 14.3. The van der Waals surface area contributed by atoms with Crippen LogP contribution in [0, 0.1) is 0 Å². The van der Waals surface area contributed by atoms with E-state index < -0.39 is 0 Å². The van der Waals surface area contributed by atoms with Gasteiger partial charge in [-0.05, 0) is 50.4 Å². The Morgan fingerprint density at radius 1 is 1.17 bits per heavy atom. The summed E-state index contributed by atoms with van der Waals surface area (Å²) in [5.41, 5.74) is 1.33. The maximum absolute atomic E-state index is 12.3. The summed E-state index contributed by atoms with van der Waals surface area (Å²) in [4.78, 5) is 14.6. The number of phenols is 1. The SMILES string of the molecule is CN(CC1(c2cccc(O)c2)CCCCC1)C1CCCCC1=O. The number of ketones is 1. The van der Waals surface area contributed by atoms with Crippen LogP contribution in [0.25, 0.3) is 0 Å². The molecule has 0 amide bonds. The maximum atomic E-state index is 12.3. The smallest absolute Gasteiger partial charge is 0.149 e. The molecular formula is C20H29NO2. The van der Waals surface area contributed by atoms with Crippen molar-refractivity contribution < 1.29 is 9.90 Å². The van der Waals surface area contributed by atoms with E-state index in [1.54, 1.807) is 6.07 Å². The average molecular weight is 315 g/mol. The van der Waals surface area contributed by atoms with Gasteiger partial charge in [0.05, 0.1) is 6.04 Å². The minimum absolute atomic E-state index is 0.0868. The van der Waals surface area contributed by atoms with E-state index in [0.717, 1.165) is 38.6 Å². The van der Waals surface area contributed by atoms with Crippen LogP contribution in [0.1, 0.15) is 63.4 Å². The summed E-state index contributed by atoms with van der Waals surface area (Å²) >= 11 is 0. The molecule has 0 bridgehead atoms. The first-order chi connectivity index (χ1) is 11.1. The highest BCUT2D eigenvalue weighted by atomic mass is 16.3. The first-order valence-corrected chi connectivity index (χ1v) is 9.13. The van der Waals surface area contributed by atoms with Crippen molar-refractivity contribution in [3.05, 3.63) is 29.8 Å². The van der Waals surface area contributed by atoms with Crippen molar-refractivity contribution in [1.82, 2.24) is 4.90 Å². The Labute approximate surface area is 139 Å². The van der Waals surface area contributed by atoms with E-state index in [2.05, 4.69) is 18.0 Å². The number of carbonyl (C=O) groups excluding carboxylic acids is 1. The van der Waals surface area contributed by atoms with Crippen molar-refractivity contribution in [2.75, 3.05) is 13.6 Å². The molecule has 0 aromatic heterocycles. The predicted molar refractivity (Wildman–Crippen MR) is 92.8 cm³/mol. The van der Waals surface area contributed by atoms with Crippen LogP contribution < -0.4 is 0 Å². The number of aromatic hydroxyl groups is 1. The number of Topliss-reactive ketones (excluding diaryl/α,β-unsaturated/α-hetero) is 1. The Hall–Kier alpha value is -1.35. The second-order valence-corrected chi connectivity index (χ2v) is 7.53. The second kappa shape index (κ2) is 7.04. The summed E-state index contributed by atoms with van der Waals surface area (Å²) in [5, 5.41) is 9.92. The zero-order chi connectivity index (χ0) is 16.3. The number of benzene rings is 1. The maximum Gasteiger partial charge on any atom is 0.149 e. The summed E-state index contributed by atoms with van der Waals surface area (Å²) in [7, 11) is 2.12. The van der Waals surface area contributed by atoms with E-state index in [9.17, 15) is 9.90 Å². The molecule has 2 fully saturated rings. The second-order valence-electron chi connectivity index (χ2n) is 7.53. The van der Waals surface area contributed by atoms with Crippen LogP contribution in [-0.2, 0) is 10.2 Å². The molecule has 1 N–H and O–H groups in total. The number of rotatable bonds is 4. The van der Waals surface area contributed by atoms with Gasteiger partial charge >= 0.3 is 0 Å². The molecule has 0 aliphatic heterocycles. The molecule has 0 radical (unpaired) electrons. The fourth-order valence-corrected chi connectivity index (χ4v) is 4.62. The van der Waals surface area contributed by atoms with Crippen molar-refractivity contribution in [1.29, 1.82) is 0 Å². The molecule has 3 heteroatoms. The normalized spacial score (nSPS) is 24.8. The lowest BCUT2D eigenvalue weighted by atomic mass is 9.68. The van der Waals surface area contributed by atoms with Gasteiger partial charge in [-0.2, -0.15) is 0 Å². The topological polar surface area (TPSA) is 40.5 Å². The van der Waals surface area contributed by atoms with Gasteiger partial charge in [0, 0.05) is 18.4 Å². The zero-order valence-electron chi connectivity index (χ0n) is 14.3. The number of carbonyl (C=O) groups is 1. The molecule has 1 aromatic rings. The van der Waals surface area contributed by atoms with Gasteiger partial charge in [-0.15, -0.1) is 0 Å². The first-order valence-electron chi connectivity index (χ1n) is 9.13. The van der Waals surface area contributed by atoms with Crippen molar-refractivity contribution in [3.8, 4) is 5.75 Å². The van der Waals surface area contributed by atoms with E-state index in [0.29, 0.717) is 11.5 Å². The lowest BCUT2D eigenvalue weighted by molar-refractivity contribution is -0.126. The van der Waals surface area contributed by atoms with Crippen LogP contribution in [0.3, 0.4) is 0 Å². The third-order valence-electron chi connectivity index (χ3n) is 5.88. The molecule has 1 atom stereocenters. The lowest BCUT2D eigenvalue weighted by Crippen LogP contribution is -2.48. The van der Waals surface area contributed by atoms with Gasteiger partial charge in [0.25, 0.3) is 0 Å². The molecular weight excluding hydrogens is 286 g/mol. The molecule has 2 aliphatic rings. The molecule has 0 heterocycles. The van der Waals surface area contributed by atoms with Gasteiger partial charge < -0.3 is 5.11 Å².